The first-order valence-electron chi connectivity index (χ1n) is 8.17. The summed E-state index contributed by atoms with van der Waals surface area (Å²) in [7, 11) is 1.61. The van der Waals surface area contributed by atoms with E-state index in [0.717, 1.165) is 21.3 Å². The Kier molecular flexibility index (Phi) is 5.42. The highest BCUT2D eigenvalue weighted by Gasteiger charge is 2.21. The molecule has 0 aliphatic carbocycles. The van der Waals surface area contributed by atoms with Gasteiger partial charge in [-0.3, -0.25) is 9.59 Å². The summed E-state index contributed by atoms with van der Waals surface area (Å²) in [6, 6.07) is 13.2. The molecule has 5 nitrogen and oxygen atoms in total. The number of carbonyl (C=O) groups excluding carboxylic acids is 2. The SMILES string of the molecule is Cc1ccc(NC(=O)CN(C)C(=O)C2=Cc3cc(Br)ccc3OC2)cc1. The van der Waals surface area contributed by atoms with Gasteiger partial charge in [0, 0.05) is 22.8 Å². The third-order valence-corrected chi connectivity index (χ3v) is 4.52. The summed E-state index contributed by atoms with van der Waals surface area (Å²) >= 11 is 3.41. The maximum Gasteiger partial charge on any atom is 0.253 e. The van der Waals surface area contributed by atoms with E-state index in [0.29, 0.717) is 11.3 Å². The molecule has 2 amide bonds. The number of nitrogens with zero attached hydrogens (tertiary/aromatic N) is 1. The fraction of sp³-hybridized carbons (Fsp3) is 0.200. The minimum absolute atomic E-state index is 0.0324. The fourth-order valence-electron chi connectivity index (χ4n) is 2.64. The van der Waals surface area contributed by atoms with Crippen molar-refractivity contribution >= 4 is 39.5 Å². The van der Waals surface area contributed by atoms with Crippen LogP contribution >= 0.6 is 15.9 Å². The Morgan fingerprint density at radius 1 is 1.19 bits per heavy atom. The van der Waals surface area contributed by atoms with Crippen LogP contribution in [0.2, 0.25) is 0 Å². The number of carbonyl (C=O) groups is 2. The molecular formula is C20H19BrN2O3. The molecule has 1 N–H and O–H groups in total. The molecule has 2 aromatic rings. The summed E-state index contributed by atoms with van der Waals surface area (Å²) in [5.41, 5.74) is 3.18. The van der Waals surface area contributed by atoms with E-state index in [1.54, 1.807) is 13.1 Å². The van der Waals surface area contributed by atoms with E-state index in [-0.39, 0.29) is 25.0 Å². The lowest BCUT2D eigenvalue weighted by molar-refractivity contribution is -0.130. The van der Waals surface area contributed by atoms with Crippen LogP contribution in [0.15, 0.2) is 52.5 Å². The van der Waals surface area contributed by atoms with Crippen LogP contribution in [-0.2, 0) is 9.59 Å². The molecule has 1 aliphatic rings. The van der Waals surface area contributed by atoms with Crippen LogP contribution in [-0.4, -0.2) is 36.9 Å². The van der Waals surface area contributed by atoms with Crippen molar-refractivity contribution in [3.63, 3.8) is 0 Å². The van der Waals surface area contributed by atoms with Gasteiger partial charge in [0.25, 0.3) is 5.91 Å². The molecule has 0 radical (unpaired) electrons. The van der Waals surface area contributed by atoms with Crippen LogP contribution in [0.4, 0.5) is 5.69 Å². The summed E-state index contributed by atoms with van der Waals surface area (Å²) in [5, 5.41) is 2.79. The van der Waals surface area contributed by atoms with Crippen molar-refractivity contribution in [2.45, 2.75) is 6.92 Å². The molecule has 3 rings (SSSR count). The normalized spacial score (nSPS) is 12.5. The number of halogens is 1. The lowest BCUT2D eigenvalue weighted by Gasteiger charge is -2.22. The third kappa shape index (κ3) is 4.32. The van der Waals surface area contributed by atoms with Gasteiger partial charge in [-0.25, -0.2) is 0 Å². The summed E-state index contributed by atoms with van der Waals surface area (Å²) < 4.78 is 6.55. The minimum Gasteiger partial charge on any atom is -0.488 e. The van der Waals surface area contributed by atoms with Gasteiger partial charge in [-0.05, 0) is 43.3 Å². The maximum absolute atomic E-state index is 12.6. The Balaban J connectivity index is 1.64. The number of fused-ring (bicyclic) bond motifs is 1. The first-order valence-corrected chi connectivity index (χ1v) is 8.96. The molecular weight excluding hydrogens is 396 g/mol. The van der Waals surface area contributed by atoms with Crippen LogP contribution in [0.3, 0.4) is 0 Å². The van der Waals surface area contributed by atoms with Crippen LogP contribution in [0.5, 0.6) is 5.75 Å². The highest BCUT2D eigenvalue weighted by molar-refractivity contribution is 9.10. The number of ether oxygens (including phenoxy) is 1. The van der Waals surface area contributed by atoms with Crippen molar-refractivity contribution in [3.8, 4) is 5.75 Å². The number of hydrogen-bond acceptors (Lipinski definition) is 3. The van der Waals surface area contributed by atoms with Gasteiger partial charge in [-0.15, -0.1) is 0 Å². The first kappa shape index (κ1) is 18.2. The molecule has 134 valence electrons. The van der Waals surface area contributed by atoms with Gasteiger partial charge in [0.05, 0.1) is 12.1 Å². The smallest absolute Gasteiger partial charge is 0.253 e. The van der Waals surface area contributed by atoms with Gasteiger partial charge in [0.1, 0.15) is 12.4 Å². The number of aryl methyl sites for hydroxylation is 1. The van der Waals surface area contributed by atoms with Gasteiger partial charge in [0.2, 0.25) is 5.91 Å². The second kappa shape index (κ2) is 7.74. The lowest BCUT2D eigenvalue weighted by Crippen LogP contribution is -2.37. The largest absolute Gasteiger partial charge is 0.488 e. The molecule has 2 aromatic carbocycles. The van der Waals surface area contributed by atoms with E-state index >= 15 is 0 Å². The second-order valence-corrected chi connectivity index (χ2v) is 7.13. The summed E-state index contributed by atoms with van der Waals surface area (Å²) in [5.74, 6) is 0.268. The van der Waals surface area contributed by atoms with E-state index in [1.165, 1.54) is 4.90 Å². The predicted octanol–water partition coefficient (Wildman–Crippen LogP) is 3.63. The summed E-state index contributed by atoms with van der Waals surface area (Å²) in [4.78, 5) is 26.2. The molecule has 0 saturated heterocycles. The predicted molar refractivity (Wildman–Crippen MR) is 105 cm³/mol. The Morgan fingerprint density at radius 2 is 1.92 bits per heavy atom. The summed E-state index contributed by atoms with van der Waals surface area (Å²) in [6.07, 6.45) is 1.81. The molecule has 26 heavy (non-hydrogen) atoms. The zero-order valence-electron chi connectivity index (χ0n) is 14.6. The average molecular weight is 415 g/mol. The fourth-order valence-corrected chi connectivity index (χ4v) is 3.02. The number of hydrogen-bond donors (Lipinski definition) is 1. The Labute approximate surface area is 160 Å². The Hall–Kier alpha value is -2.60. The topological polar surface area (TPSA) is 58.6 Å². The Morgan fingerprint density at radius 3 is 2.65 bits per heavy atom. The van der Waals surface area contributed by atoms with Crippen LogP contribution in [0.1, 0.15) is 11.1 Å². The van der Waals surface area contributed by atoms with E-state index in [4.69, 9.17) is 4.74 Å². The average Bonchev–Trinajstić information content (AvgIpc) is 2.62. The number of amides is 2. The third-order valence-electron chi connectivity index (χ3n) is 4.02. The number of anilines is 1. The standard InChI is InChI=1S/C20H19BrN2O3/c1-13-3-6-17(7-4-13)22-19(24)11-23(2)20(25)15-9-14-10-16(21)5-8-18(14)26-12-15/h3-10H,11-12H2,1-2H3,(H,22,24). The van der Waals surface area contributed by atoms with Crippen molar-refractivity contribution in [3.05, 3.63) is 63.6 Å². The van der Waals surface area contributed by atoms with Crippen LogP contribution in [0.25, 0.3) is 6.08 Å². The maximum atomic E-state index is 12.6. The van der Waals surface area contributed by atoms with E-state index < -0.39 is 0 Å². The lowest BCUT2D eigenvalue weighted by atomic mass is 10.1. The Bertz CT molecular complexity index is 875. The minimum atomic E-state index is -0.245. The molecule has 1 aliphatic heterocycles. The molecule has 0 unspecified atom stereocenters. The quantitative estimate of drug-likeness (QED) is 0.830. The molecule has 0 fully saturated rings. The van der Waals surface area contributed by atoms with Crippen molar-refractivity contribution in [1.82, 2.24) is 4.90 Å². The van der Waals surface area contributed by atoms with Crippen LogP contribution in [0, 0.1) is 6.92 Å². The monoisotopic (exact) mass is 414 g/mol. The van der Waals surface area contributed by atoms with Crippen molar-refractivity contribution in [2.75, 3.05) is 25.5 Å². The number of likely N-dealkylation sites (N-methyl/N-ethyl adjacent to an activating group) is 1. The van der Waals surface area contributed by atoms with Crippen molar-refractivity contribution < 1.29 is 14.3 Å². The molecule has 6 heteroatoms. The summed E-state index contributed by atoms with van der Waals surface area (Å²) in [6.45, 7) is 2.14. The van der Waals surface area contributed by atoms with Crippen molar-refractivity contribution in [2.24, 2.45) is 0 Å². The molecule has 0 bridgehead atoms. The van der Waals surface area contributed by atoms with E-state index in [2.05, 4.69) is 21.2 Å². The second-order valence-electron chi connectivity index (χ2n) is 6.22. The molecule has 0 spiro atoms. The number of benzene rings is 2. The zero-order valence-corrected chi connectivity index (χ0v) is 16.2. The van der Waals surface area contributed by atoms with Crippen molar-refractivity contribution in [1.29, 1.82) is 0 Å². The van der Waals surface area contributed by atoms with Gasteiger partial charge < -0.3 is 15.0 Å². The highest BCUT2D eigenvalue weighted by atomic mass is 79.9. The zero-order chi connectivity index (χ0) is 18.7. The van der Waals surface area contributed by atoms with Crippen LogP contribution < -0.4 is 10.1 Å². The molecule has 0 aromatic heterocycles. The van der Waals surface area contributed by atoms with Gasteiger partial charge in [-0.2, -0.15) is 0 Å². The van der Waals surface area contributed by atoms with Gasteiger partial charge >= 0.3 is 0 Å². The van der Waals surface area contributed by atoms with Gasteiger partial charge in [-0.1, -0.05) is 33.6 Å². The number of nitrogens with one attached hydrogen (secondary N) is 1. The first-order chi connectivity index (χ1) is 12.4. The van der Waals surface area contributed by atoms with Gasteiger partial charge in [0.15, 0.2) is 0 Å². The van der Waals surface area contributed by atoms with E-state index in [1.807, 2.05) is 49.4 Å². The molecule has 1 heterocycles. The molecule has 0 saturated carbocycles. The molecule has 0 atom stereocenters. The van der Waals surface area contributed by atoms with E-state index in [9.17, 15) is 9.59 Å². The highest BCUT2D eigenvalue weighted by Crippen LogP contribution is 2.29. The number of rotatable bonds is 4.